The summed E-state index contributed by atoms with van der Waals surface area (Å²) in [6.07, 6.45) is 1.43. The largest absolute Gasteiger partial charge is 0.790 e. The number of phosphoric acid groups is 1. The van der Waals surface area contributed by atoms with Gasteiger partial charge in [-0.2, -0.15) is 0 Å². The molecule has 0 aromatic heterocycles. The fourth-order valence-corrected chi connectivity index (χ4v) is 3.36. The Kier molecular flexibility index (Phi) is 21.2. The van der Waals surface area contributed by atoms with E-state index in [0.717, 1.165) is 6.42 Å². The minimum Gasteiger partial charge on any atom is -0.790 e. The van der Waals surface area contributed by atoms with Crippen molar-refractivity contribution in [2.45, 2.75) is 75.2 Å². The Balaban J connectivity index is -0.000000320. The van der Waals surface area contributed by atoms with Crippen LogP contribution in [0.3, 0.4) is 0 Å². The molecule has 0 aliphatic carbocycles. The molecule has 0 bridgehead atoms. The average molecular weight is 413 g/mol. The second-order valence-corrected chi connectivity index (χ2v) is 8.00. The second kappa shape index (κ2) is 18.1. The van der Waals surface area contributed by atoms with Crippen LogP contribution in [-0.4, -0.2) is 67.9 Å². The van der Waals surface area contributed by atoms with Gasteiger partial charge in [0.2, 0.25) is 0 Å². The van der Waals surface area contributed by atoms with Crippen LogP contribution in [0.5, 0.6) is 0 Å². The first kappa shape index (κ1) is 31.7. The monoisotopic (exact) mass is 412 g/mol. The van der Waals surface area contributed by atoms with Gasteiger partial charge in [-0.3, -0.25) is 0 Å². The number of nitrogens with zero attached hydrogens (tertiary/aromatic N) is 2. The van der Waals surface area contributed by atoms with Crippen LogP contribution in [0, 0.1) is 0 Å². The summed E-state index contributed by atoms with van der Waals surface area (Å²) in [7, 11) is -4.70. The molecule has 0 N–H and O–H groups in total. The third kappa shape index (κ3) is 16.7. The van der Waals surface area contributed by atoms with Gasteiger partial charge in [0.15, 0.2) is 0 Å². The van der Waals surface area contributed by atoms with Gasteiger partial charge >= 0.3 is 0 Å². The van der Waals surface area contributed by atoms with E-state index in [1.807, 2.05) is 6.92 Å². The number of hydrogen-bond acceptors (Lipinski definition) is 4. The number of quaternary nitrogens is 2. The van der Waals surface area contributed by atoms with Crippen molar-refractivity contribution in [1.82, 2.24) is 0 Å². The van der Waals surface area contributed by atoms with Crippen LogP contribution in [0.15, 0.2) is 0 Å². The zero-order chi connectivity index (χ0) is 22.0. The van der Waals surface area contributed by atoms with Crippen molar-refractivity contribution >= 4 is 7.82 Å². The molecule has 0 spiro atoms. The summed E-state index contributed by atoms with van der Waals surface area (Å²) < 4.78 is 16.2. The van der Waals surface area contributed by atoms with Crippen LogP contribution in [-0.2, 0) is 9.09 Å². The standard InChI is InChI=1S/2C8H20N.C4H11O4P/c2*1-5-9(6-2,7-3)8-4;1-2-3-4-8-9(5,6)7/h2*5-8H2,1-4H3;2-4H2,1H3,(H2,5,6,7)/q2*+1;/p-2. The SMILES string of the molecule is CCCCOP(=O)([O-])[O-].CC[N+](CC)(CC)CC.CC[N+](CC)(CC)CC. The van der Waals surface area contributed by atoms with Gasteiger partial charge in [0, 0.05) is 0 Å². The maximum atomic E-state index is 9.76. The molecule has 0 aromatic rings. The van der Waals surface area contributed by atoms with Crippen LogP contribution in [0.2, 0.25) is 0 Å². The van der Waals surface area contributed by atoms with Gasteiger partial charge in [0.05, 0.1) is 66.8 Å². The molecule has 0 rings (SSSR count). The fourth-order valence-electron chi connectivity index (χ4n) is 3.00. The maximum Gasteiger partial charge on any atom is 0.0757 e. The lowest BCUT2D eigenvalue weighted by Crippen LogP contribution is -2.47. The van der Waals surface area contributed by atoms with Crippen molar-refractivity contribution in [2.24, 2.45) is 0 Å². The molecule has 0 saturated carbocycles. The number of phosphoric ester groups is 1. The third-order valence-electron chi connectivity index (χ3n) is 6.11. The Bertz CT molecular complexity index is 299. The van der Waals surface area contributed by atoms with E-state index < -0.39 is 7.82 Å². The maximum absolute atomic E-state index is 9.76. The smallest absolute Gasteiger partial charge is 0.0757 e. The summed E-state index contributed by atoms with van der Waals surface area (Å²) in [6.45, 7) is 30.3. The normalized spacial score (nSPS) is 12.0. The molecule has 0 atom stereocenters. The van der Waals surface area contributed by atoms with Crippen molar-refractivity contribution in [3.8, 4) is 0 Å². The molecule has 27 heavy (non-hydrogen) atoms. The van der Waals surface area contributed by atoms with E-state index in [2.05, 4.69) is 59.9 Å². The van der Waals surface area contributed by atoms with E-state index >= 15 is 0 Å². The van der Waals surface area contributed by atoms with E-state index in [9.17, 15) is 14.4 Å². The second-order valence-electron chi connectivity index (χ2n) is 6.85. The van der Waals surface area contributed by atoms with Crippen LogP contribution in [0.4, 0.5) is 0 Å². The molecule has 0 aromatic carbocycles. The Hall–Kier alpha value is 0.0300. The van der Waals surface area contributed by atoms with E-state index in [4.69, 9.17) is 0 Å². The summed E-state index contributed by atoms with van der Waals surface area (Å²) >= 11 is 0. The number of hydrogen-bond donors (Lipinski definition) is 0. The Morgan fingerprint density at radius 2 is 0.889 bits per heavy atom. The van der Waals surface area contributed by atoms with Gasteiger partial charge in [-0.15, -0.1) is 0 Å². The van der Waals surface area contributed by atoms with E-state index in [1.165, 1.54) is 61.3 Å². The molecule has 0 aliphatic heterocycles. The number of unbranched alkanes of at least 4 members (excludes halogenated alkanes) is 1. The molecule has 168 valence electrons. The van der Waals surface area contributed by atoms with E-state index in [-0.39, 0.29) is 6.61 Å². The van der Waals surface area contributed by atoms with Crippen molar-refractivity contribution in [2.75, 3.05) is 59.0 Å². The lowest BCUT2D eigenvalue weighted by molar-refractivity contribution is -0.921. The highest BCUT2D eigenvalue weighted by Crippen LogP contribution is 2.24. The molecule has 0 unspecified atom stereocenters. The highest BCUT2D eigenvalue weighted by Gasteiger charge is 2.16. The molecule has 0 radical (unpaired) electrons. The number of rotatable bonds is 12. The van der Waals surface area contributed by atoms with Crippen molar-refractivity contribution in [3.05, 3.63) is 0 Å². The van der Waals surface area contributed by atoms with E-state index in [1.54, 1.807) is 0 Å². The Morgan fingerprint density at radius 1 is 0.630 bits per heavy atom. The predicted octanol–water partition coefficient (Wildman–Crippen LogP) is 3.40. The first-order valence-electron chi connectivity index (χ1n) is 10.9. The molecule has 7 heteroatoms. The third-order valence-corrected chi connectivity index (χ3v) is 6.61. The summed E-state index contributed by atoms with van der Waals surface area (Å²) in [5.74, 6) is 0. The highest BCUT2D eigenvalue weighted by atomic mass is 31.2. The van der Waals surface area contributed by atoms with Crippen molar-refractivity contribution < 1.29 is 27.8 Å². The minimum absolute atomic E-state index is 0.0147. The molecule has 6 nitrogen and oxygen atoms in total. The van der Waals surface area contributed by atoms with Gasteiger partial charge < -0.3 is 27.8 Å². The topological polar surface area (TPSA) is 72.4 Å². The summed E-state index contributed by atoms with van der Waals surface area (Å²) in [5.41, 5.74) is 0. The molecule has 0 amide bonds. The van der Waals surface area contributed by atoms with Crippen molar-refractivity contribution in [1.29, 1.82) is 0 Å². The zero-order valence-corrected chi connectivity index (χ0v) is 20.6. The lowest BCUT2D eigenvalue weighted by Gasteiger charge is -2.34. The highest BCUT2D eigenvalue weighted by molar-refractivity contribution is 7.43. The average Bonchev–Trinajstić information content (AvgIpc) is 2.67. The minimum atomic E-state index is -4.70. The van der Waals surface area contributed by atoms with Crippen molar-refractivity contribution in [3.63, 3.8) is 0 Å². The van der Waals surface area contributed by atoms with Gasteiger partial charge in [0.25, 0.3) is 0 Å². The Labute approximate surface area is 170 Å². The molecular formula is C20H49N2O4P. The fraction of sp³-hybridized carbons (Fsp3) is 1.00. The van der Waals surface area contributed by atoms with E-state index in [0.29, 0.717) is 6.42 Å². The summed E-state index contributed by atoms with van der Waals surface area (Å²) in [5, 5.41) is 0. The zero-order valence-electron chi connectivity index (χ0n) is 19.8. The van der Waals surface area contributed by atoms with Gasteiger partial charge in [0.1, 0.15) is 0 Å². The summed E-state index contributed by atoms with van der Waals surface area (Å²) in [4.78, 5) is 19.5. The molecule has 0 heterocycles. The quantitative estimate of drug-likeness (QED) is 0.280. The Morgan fingerprint density at radius 3 is 1.00 bits per heavy atom. The van der Waals surface area contributed by atoms with Gasteiger partial charge in [-0.05, 0) is 61.8 Å². The summed E-state index contributed by atoms with van der Waals surface area (Å²) in [6, 6.07) is 0. The first-order chi connectivity index (χ1) is 12.5. The van der Waals surface area contributed by atoms with Crippen LogP contribution in [0.1, 0.15) is 75.2 Å². The molecule has 0 saturated heterocycles. The molecular weight excluding hydrogens is 363 g/mol. The predicted molar refractivity (Wildman–Crippen MR) is 113 cm³/mol. The van der Waals surface area contributed by atoms with Gasteiger partial charge in [-0.25, -0.2) is 0 Å². The lowest BCUT2D eigenvalue weighted by atomic mass is 10.3. The van der Waals surface area contributed by atoms with Gasteiger partial charge in [-0.1, -0.05) is 13.3 Å². The first-order valence-corrected chi connectivity index (χ1v) is 12.4. The van der Waals surface area contributed by atoms with Crippen LogP contribution < -0.4 is 9.79 Å². The van der Waals surface area contributed by atoms with Crippen LogP contribution in [0.25, 0.3) is 0 Å². The molecule has 0 aliphatic rings. The van der Waals surface area contributed by atoms with Crippen LogP contribution >= 0.6 is 7.82 Å². The molecule has 0 fully saturated rings.